The molecule has 0 saturated carbocycles. The molecule has 2 aliphatic rings. The van der Waals surface area contributed by atoms with Crippen LogP contribution >= 0.6 is 11.6 Å². The monoisotopic (exact) mass is 420 g/mol. The van der Waals surface area contributed by atoms with Crippen LogP contribution in [0.3, 0.4) is 0 Å². The fourth-order valence-corrected chi connectivity index (χ4v) is 4.21. The second-order valence-corrected chi connectivity index (χ2v) is 7.30. The fraction of sp³-hybridized carbons (Fsp3) is 0.174. The molecule has 6 nitrogen and oxygen atoms in total. The standard InChI is InChI=1S/C23H17ClN2O4/c1-12-18(23(28)29-2)19(13-7-8-17(16(24)11-13)30-10-9-25)20-21(26-12)14-5-3-4-6-15(14)22(20)27/h3-8,11,19,26H,10H2,1-2H3/t19-/m0/s1. The molecule has 0 bridgehead atoms. The number of nitrogens with zero attached hydrogens (tertiary/aromatic N) is 1. The lowest BCUT2D eigenvalue weighted by Gasteiger charge is -2.29. The van der Waals surface area contributed by atoms with Crippen LogP contribution in [0.4, 0.5) is 0 Å². The topological polar surface area (TPSA) is 88.4 Å². The third kappa shape index (κ3) is 3.04. The van der Waals surface area contributed by atoms with E-state index in [1.165, 1.54) is 7.11 Å². The molecule has 1 heterocycles. The van der Waals surface area contributed by atoms with Crippen LogP contribution in [0.15, 0.2) is 59.3 Å². The van der Waals surface area contributed by atoms with E-state index in [2.05, 4.69) is 5.32 Å². The number of nitriles is 1. The maximum absolute atomic E-state index is 13.3. The van der Waals surface area contributed by atoms with Gasteiger partial charge in [0.15, 0.2) is 12.4 Å². The van der Waals surface area contributed by atoms with Crippen LogP contribution < -0.4 is 10.1 Å². The van der Waals surface area contributed by atoms with E-state index in [1.807, 2.05) is 24.3 Å². The van der Waals surface area contributed by atoms with Crippen LogP contribution in [0, 0.1) is 11.3 Å². The van der Waals surface area contributed by atoms with Crippen molar-refractivity contribution in [2.75, 3.05) is 13.7 Å². The molecule has 0 saturated heterocycles. The Labute approximate surface area is 178 Å². The van der Waals surface area contributed by atoms with Crippen LogP contribution in [0.2, 0.25) is 5.02 Å². The molecule has 0 aromatic heterocycles. The molecule has 30 heavy (non-hydrogen) atoms. The van der Waals surface area contributed by atoms with Crippen molar-refractivity contribution in [2.45, 2.75) is 12.8 Å². The van der Waals surface area contributed by atoms with Gasteiger partial charge in [-0.05, 0) is 24.6 Å². The minimum absolute atomic E-state index is 0.137. The lowest BCUT2D eigenvalue weighted by Crippen LogP contribution is -2.29. The van der Waals surface area contributed by atoms with E-state index in [4.69, 9.17) is 26.3 Å². The number of carbonyl (C=O) groups is 2. The van der Waals surface area contributed by atoms with Crippen molar-refractivity contribution in [3.05, 3.63) is 81.0 Å². The molecule has 150 valence electrons. The third-order valence-electron chi connectivity index (χ3n) is 5.24. The molecule has 0 unspecified atom stereocenters. The predicted octanol–water partition coefficient (Wildman–Crippen LogP) is 3.98. The smallest absolute Gasteiger partial charge is 0.336 e. The highest BCUT2D eigenvalue weighted by Crippen LogP contribution is 2.47. The van der Waals surface area contributed by atoms with Crippen LogP contribution in [0.25, 0.3) is 5.70 Å². The quantitative estimate of drug-likeness (QED) is 0.752. The number of carbonyl (C=O) groups excluding carboxylic acids is 2. The average molecular weight is 421 g/mol. The number of benzene rings is 2. The summed E-state index contributed by atoms with van der Waals surface area (Å²) in [4.78, 5) is 26.0. The molecule has 0 radical (unpaired) electrons. The number of esters is 1. The lowest BCUT2D eigenvalue weighted by molar-refractivity contribution is -0.136. The number of ketones is 1. The first-order chi connectivity index (χ1) is 14.5. The number of ether oxygens (including phenoxy) is 2. The Kier molecular flexibility index (Phi) is 5.06. The minimum Gasteiger partial charge on any atom is -0.477 e. The molecule has 2 aromatic rings. The van der Waals surface area contributed by atoms with Crippen molar-refractivity contribution >= 4 is 29.1 Å². The normalized spacial score (nSPS) is 17.1. The van der Waals surface area contributed by atoms with Crippen LogP contribution in [0.1, 0.15) is 34.3 Å². The first-order valence-corrected chi connectivity index (χ1v) is 9.59. The zero-order chi connectivity index (χ0) is 21.4. The Morgan fingerprint density at radius 1 is 1.23 bits per heavy atom. The Hall–Kier alpha value is -3.56. The van der Waals surface area contributed by atoms with Crippen LogP contribution in [0.5, 0.6) is 5.75 Å². The van der Waals surface area contributed by atoms with Gasteiger partial charge in [-0.3, -0.25) is 4.79 Å². The summed E-state index contributed by atoms with van der Waals surface area (Å²) in [6.45, 7) is 1.64. The first-order valence-electron chi connectivity index (χ1n) is 9.21. The summed E-state index contributed by atoms with van der Waals surface area (Å²) in [6, 6.07) is 14.2. The molecule has 1 atom stereocenters. The Balaban J connectivity index is 1.89. The molecule has 0 amide bonds. The van der Waals surface area contributed by atoms with Gasteiger partial charge in [0, 0.05) is 28.3 Å². The van der Waals surface area contributed by atoms with E-state index in [0.29, 0.717) is 39.4 Å². The number of methoxy groups -OCH3 is 1. The molecule has 4 rings (SSSR count). The second kappa shape index (κ2) is 7.69. The van der Waals surface area contributed by atoms with E-state index in [1.54, 1.807) is 31.2 Å². The van der Waals surface area contributed by atoms with Crippen molar-refractivity contribution < 1.29 is 19.1 Å². The zero-order valence-corrected chi connectivity index (χ0v) is 17.0. The predicted molar refractivity (Wildman–Crippen MR) is 111 cm³/mol. The van der Waals surface area contributed by atoms with Crippen molar-refractivity contribution in [3.63, 3.8) is 0 Å². The molecule has 1 N–H and O–H groups in total. The molecule has 7 heteroatoms. The van der Waals surface area contributed by atoms with Gasteiger partial charge in [0.2, 0.25) is 0 Å². The van der Waals surface area contributed by atoms with Crippen molar-refractivity contribution in [1.82, 2.24) is 5.32 Å². The number of allylic oxidation sites excluding steroid dienone is 2. The highest BCUT2D eigenvalue weighted by Gasteiger charge is 2.42. The average Bonchev–Trinajstić information content (AvgIpc) is 3.03. The van der Waals surface area contributed by atoms with Gasteiger partial charge in [-0.1, -0.05) is 41.9 Å². The number of dihydropyridines is 1. The Morgan fingerprint density at radius 2 is 1.97 bits per heavy atom. The van der Waals surface area contributed by atoms with E-state index in [0.717, 1.165) is 5.56 Å². The van der Waals surface area contributed by atoms with Gasteiger partial charge >= 0.3 is 5.97 Å². The van der Waals surface area contributed by atoms with Gasteiger partial charge in [0.25, 0.3) is 0 Å². The van der Waals surface area contributed by atoms with Gasteiger partial charge in [-0.2, -0.15) is 5.26 Å². The summed E-state index contributed by atoms with van der Waals surface area (Å²) < 4.78 is 10.3. The zero-order valence-electron chi connectivity index (χ0n) is 16.3. The summed E-state index contributed by atoms with van der Waals surface area (Å²) in [5.41, 5.74) is 4.15. The molecule has 0 spiro atoms. The number of hydrogen-bond acceptors (Lipinski definition) is 6. The number of nitrogens with one attached hydrogen (secondary N) is 1. The third-order valence-corrected chi connectivity index (χ3v) is 5.53. The lowest BCUT2D eigenvalue weighted by atomic mass is 9.80. The highest BCUT2D eigenvalue weighted by atomic mass is 35.5. The van der Waals surface area contributed by atoms with Crippen molar-refractivity contribution in [3.8, 4) is 11.8 Å². The Bertz CT molecular complexity index is 1190. The van der Waals surface area contributed by atoms with E-state index < -0.39 is 11.9 Å². The second-order valence-electron chi connectivity index (χ2n) is 6.89. The largest absolute Gasteiger partial charge is 0.477 e. The van der Waals surface area contributed by atoms with Crippen molar-refractivity contribution in [1.29, 1.82) is 5.26 Å². The first kappa shape index (κ1) is 19.7. The number of halogens is 1. The molecule has 0 fully saturated rings. The van der Waals surface area contributed by atoms with E-state index >= 15 is 0 Å². The summed E-state index contributed by atoms with van der Waals surface area (Å²) in [5.74, 6) is -0.975. The van der Waals surface area contributed by atoms with E-state index in [-0.39, 0.29) is 17.4 Å². The molecule has 1 aliphatic heterocycles. The Morgan fingerprint density at radius 3 is 2.63 bits per heavy atom. The van der Waals surface area contributed by atoms with Gasteiger partial charge in [0.05, 0.1) is 23.4 Å². The summed E-state index contributed by atoms with van der Waals surface area (Å²) in [7, 11) is 1.31. The fourth-order valence-electron chi connectivity index (χ4n) is 3.97. The maximum atomic E-state index is 13.3. The number of hydrogen-bond donors (Lipinski definition) is 1. The summed E-state index contributed by atoms with van der Waals surface area (Å²) >= 11 is 6.37. The highest BCUT2D eigenvalue weighted by molar-refractivity contribution is 6.32. The van der Waals surface area contributed by atoms with Gasteiger partial charge < -0.3 is 14.8 Å². The maximum Gasteiger partial charge on any atom is 0.336 e. The van der Waals surface area contributed by atoms with Crippen LogP contribution in [-0.2, 0) is 9.53 Å². The van der Waals surface area contributed by atoms with Gasteiger partial charge in [-0.25, -0.2) is 4.79 Å². The number of fused-ring (bicyclic) bond motifs is 2. The molecule has 2 aromatic carbocycles. The molecular formula is C23H17ClN2O4. The minimum atomic E-state index is -0.656. The number of rotatable bonds is 4. The summed E-state index contributed by atoms with van der Waals surface area (Å²) in [6.07, 6.45) is 0. The van der Waals surface area contributed by atoms with Crippen LogP contribution in [-0.4, -0.2) is 25.5 Å². The van der Waals surface area contributed by atoms with Gasteiger partial charge in [0.1, 0.15) is 11.8 Å². The molecular weight excluding hydrogens is 404 g/mol. The summed E-state index contributed by atoms with van der Waals surface area (Å²) in [5, 5.41) is 12.2. The molecule has 1 aliphatic carbocycles. The van der Waals surface area contributed by atoms with Gasteiger partial charge in [-0.15, -0.1) is 0 Å². The SMILES string of the molecule is COC(=O)C1=C(C)NC2=C(C(=O)c3ccccc32)[C@H]1c1ccc(OCC#N)c(Cl)c1. The number of Topliss-reactive ketones (excluding diaryl/α,β-unsaturated/α-hetero) is 1. The van der Waals surface area contributed by atoms with Crippen molar-refractivity contribution in [2.24, 2.45) is 0 Å². The van der Waals surface area contributed by atoms with E-state index in [9.17, 15) is 9.59 Å².